The lowest BCUT2D eigenvalue weighted by atomic mass is 10.0. The maximum absolute atomic E-state index is 6.15. The fraction of sp³-hybridized carbons (Fsp3) is 0.833. The molecular weight excluding hydrogens is 236 g/mol. The van der Waals surface area contributed by atoms with E-state index in [0.29, 0.717) is 23.1 Å². The van der Waals surface area contributed by atoms with Crippen LogP contribution in [0.3, 0.4) is 0 Å². The molecule has 0 amide bonds. The topological polar surface area (TPSA) is 42.7 Å². The number of aryl methyl sites for hydroxylation is 1. The number of halogens is 1. The van der Waals surface area contributed by atoms with E-state index in [0.717, 1.165) is 12.4 Å². The monoisotopic (exact) mass is 256 g/mol. The Bertz CT molecular complexity index is 368. The molecule has 1 N–H and O–H groups in total. The van der Waals surface area contributed by atoms with Gasteiger partial charge in [0, 0.05) is 19.0 Å². The molecule has 96 valence electrons. The van der Waals surface area contributed by atoms with Crippen LogP contribution in [0.5, 0.6) is 0 Å². The van der Waals surface area contributed by atoms with Crippen molar-refractivity contribution in [2.75, 3.05) is 6.54 Å². The molecule has 17 heavy (non-hydrogen) atoms. The van der Waals surface area contributed by atoms with Crippen molar-refractivity contribution in [1.82, 2.24) is 20.1 Å². The Balaban J connectivity index is 1.97. The van der Waals surface area contributed by atoms with Crippen molar-refractivity contribution >= 4 is 11.6 Å². The molecule has 1 aromatic heterocycles. The Kier molecular flexibility index (Phi) is 3.73. The fourth-order valence-corrected chi connectivity index (χ4v) is 2.67. The summed E-state index contributed by atoms with van der Waals surface area (Å²) in [4.78, 5) is 0. The zero-order valence-corrected chi connectivity index (χ0v) is 11.6. The summed E-state index contributed by atoms with van der Waals surface area (Å²) in [7, 11) is 1.98. The number of nitrogens with one attached hydrogen (secondary N) is 1. The Labute approximate surface area is 108 Å². The molecule has 0 aliphatic heterocycles. The van der Waals surface area contributed by atoms with Crippen LogP contribution in [0.15, 0.2) is 6.33 Å². The third-order valence-corrected chi connectivity index (χ3v) is 4.43. The molecule has 1 aliphatic carbocycles. The number of rotatable bonds is 5. The van der Waals surface area contributed by atoms with Gasteiger partial charge >= 0.3 is 0 Å². The second-order valence-electron chi connectivity index (χ2n) is 5.40. The molecule has 1 aliphatic rings. The van der Waals surface area contributed by atoms with Gasteiger partial charge < -0.3 is 9.88 Å². The minimum absolute atomic E-state index is 0.249. The van der Waals surface area contributed by atoms with Crippen molar-refractivity contribution in [2.24, 2.45) is 24.8 Å². The average Bonchev–Trinajstić information content (AvgIpc) is 2.67. The third-order valence-electron chi connectivity index (χ3n) is 3.71. The number of hydrogen-bond acceptors (Lipinski definition) is 3. The minimum atomic E-state index is 0.249. The molecule has 0 saturated heterocycles. The molecule has 4 atom stereocenters. The summed E-state index contributed by atoms with van der Waals surface area (Å²) in [6.45, 7) is 7.56. The molecule has 0 bridgehead atoms. The molecule has 1 fully saturated rings. The van der Waals surface area contributed by atoms with E-state index in [9.17, 15) is 0 Å². The first-order valence-corrected chi connectivity index (χ1v) is 6.67. The summed E-state index contributed by atoms with van der Waals surface area (Å²) >= 11 is 6.15. The predicted octanol–water partition coefficient (Wildman–Crippen LogP) is 1.98. The standard InChI is InChI=1S/C12H21ClN4/c1-7(2)11(12-16-15-6-17(12)4)14-5-9-8(3)10(9)13/h6-11,14H,5H2,1-4H3/t8-,9+,10-,11-/m0/s1. The summed E-state index contributed by atoms with van der Waals surface area (Å²) in [5, 5.41) is 12.1. The van der Waals surface area contributed by atoms with Crippen LogP contribution in [0, 0.1) is 17.8 Å². The summed E-state index contributed by atoms with van der Waals surface area (Å²) in [5.74, 6) is 2.72. The van der Waals surface area contributed by atoms with Crippen LogP contribution in [-0.4, -0.2) is 26.7 Å². The molecule has 5 heteroatoms. The maximum atomic E-state index is 6.15. The normalized spacial score (nSPS) is 29.6. The van der Waals surface area contributed by atoms with Crippen molar-refractivity contribution < 1.29 is 0 Å². The lowest BCUT2D eigenvalue weighted by molar-refractivity contribution is 0.376. The summed E-state index contributed by atoms with van der Waals surface area (Å²) < 4.78 is 1.98. The predicted molar refractivity (Wildman–Crippen MR) is 68.9 cm³/mol. The van der Waals surface area contributed by atoms with Gasteiger partial charge in [0.15, 0.2) is 0 Å². The quantitative estimate of drug-likeness (QED) is 0.820. The second kappa shape index (κ2) is 4.94. The highest BCUT2D eigenvalue weighted by Gasteiger charge is 2.45. The molecule has 0 aromatic carbocycles. The minimum Gasteiger partial charge on any atom is -0.319 e. The lowest BCUT2D eigenvalue weighted by Crippen LogP contribution is -2.30. The van der Waals surface area contributed by atoms with E-state index in [1.807, 2.05) is 11.6 Å². The SMILES string of the molecule is CC(C)[C@H](NC[C@@H]1[C@H](C)[C@@H]1Cl)c1nncn1C. The molecule has 4 nitrogen and oxygen atoms in total. The van der Waals surface area contributed by atoms with Crippen LogP contribution < -0.4 is 5.32 Å². The Morgan fingerprint density at radius 3 is 2.59 bits per heavy atom. The Morgan fingerprint density at radius 2 is 2.18 bits per heavy atom. The van der Waals surface area contributed by atoms with Crippen LogP contribution >= 0.6 is 11.6 Å². The molecule has 0 spiro atoms. The lowest BCUT2D eigenvalue weighted by Gasteiger charge is -2.21. The zero-order chi connectivity index (χ0) is 12.6. The van der Waals surface area contributed by atoms with Gasteiger partial charge in [-0.05, 0) is 17.8 Å². The van der Waals surface area contributed by atoms with Gasteiger partial charge in [-0.25, -0.2) is 0 Å². The average molecular weight is 257 g/mol. The van der Waals surface area contributed by atoms with E-state index in [-0.39, 0.29) is 6.04 Å². The first kappa shape index (κ1) is 12.8. The van der Waals surface area contributed by atoms with Crippen LogP contribution in [0.1, 0.15) is 32.6 Å². The number of nitrogens with zero attached hydrogens (tertiary/aromatic N) is 3. The van der Waals surface area contributed by atoms with E-state index in [4.69, 9.17) is 11.6 Å². The smallest absolute Gasteiger partial charge is 0.149 e. The zero-order valence-electron chi connectivity index (χ0n) is 10.9. The molecule has 0 unspecified atom stereocenters. The molecule has 1 aromatic rings. The van der Waals surface area contributed by atoms with Gasteiger partial charge in [0.25, 0.3) is 0 Å². The van der Waals surface area contributed by atoms with E-state index in [2.05, 4.69) is 36.3 Å². The highest BCUT2D eigenvalue weighted by molar-refractivity contribution is 6.23. The van der Waals surface area contributed by atoms with E-state index in [1.54, 1.807) is 6.33 Å². The summed E-state index contributed by atoms with van der Waals surface area (Å²) in [5.41, 5.74) is 0. The maximum Gasteiger partial charge on any atom is 0.149 e. The van der Waals surface area contributed by atoms with Crippen LogP contribution in [0.4, 0.5) is 0 Å². The number of hydrogen-bond donors (Lipinski definition) is 1. The van der Waals surface area contributed by atoms with Gasteiger partial charge in [-0.1, -0.05) is 20.8 Å². The van der Waals surface area contributed by atoms with Gasteiger partial charge in [-0.2, -0.15) is 0 Å². The Morgan fingerprint density at radius 1 is 1.53 bits per heavy atom. The second-order valence-corrected chi connectivity index (χ2v) is 5.90. The van der Waals surface area contributed by atoms with Crippen molar-refractivity contribution in [3.63, 3.8) is 0 Å². The fourth-order valence-electron chi connectivity index (χ4n) is 2.25. The van der Waals surface area contributed by atoms with Crippen molar-refractivity contribution in [3.8, 4) is 0 Å². The first-order valence-electron chi connectivity index (χ1n) is 6.23. The van der Waals surface area contributed by atoms with Crippen LogP contribution in [0.25, 0.3) is 0 Å². The third kappa shape index (κ3) is 2.63. The van der Waals surface area contributed by atoms with Crippen molar-refractivity contribution in [3.05, 3.63) is 12.2 Å². The first-order chi connectivity index (χ1) is 8.02. The highest BCUT2D eigenvalue weighted by Crippen LogP contribution is 2.43. The van der Waals surface area contributed by atoms with Crippen molar-refractivity contribution in [2.45, 2.75) is 32.2 Å². The van der Waals surface area contributed by atoms with Gasteiger partial charge in [0.05, 0.1) is 6.04 Å². The number of alkyl halides is 1. The largest absolute Gasteiger partial charge is 0.319 e. The number of aromatic nitrogens is 3. The Hall–Kier alpha value is -0.610. The molecule has 2 rings (SSSR count). The summed E-state index contributed by atoms with van der Waals surface area (Å²) in [6, 6.07) is 0.249. The van der Waals surface area contributed by atoms with Crippen LogP contribution in [0.2, 0.25) is 0 Å². The van der Waals surface area contributed by atoms with Gasteiger partial charge in [-0.15, -0.1) is 21.8 Å². The van der Waals surface area contributed by atoms with Crippen LogP contribution in [-0.2, 0) is 7.05 Å². The molecule has 0 radical (unpaired) electrons. The molecular formula is C12H21ClN4. The van der Waals surface area contributed by atoms with E-state index >= 15 is 0 Å². The van der Waals surface area contributed by atoms with Crippen molar-refractivity contribution in [1.29, 1.82) is 0 Å². The molecule has 1 saturated carbocycles. The van der Waals surface area contributed by atoms with E-state index in [1.165, 1.54) is 0 Å². The summed E-state index contributed by atoms with van der Waals surface area (Å²) in [6.07, 6.45) is 1.75. The van der Waals surface area contributed by atoms with E-state index < -0.39 is 0 Å². The van der Waals surface area contributed by atoms with Gasteiger partial charge in [-0.3, -0.25) is 0 Å². The highest BCUT2D eigenvalue weighted by atomic mass is 35.5. The van der Waals surface area contributed by atoms with Gasteiger partial charge in [0.1, 0.15) is 12.2 Å². The molecule has 1 heterocycles. The van der Waals surface area contributed by atoms with Gasteiger partial charge in [0.2, 0.25) is 0 Å².